The van der Waals surface area contributed by atoms with Crippen LogP contribution < -0.4 is 0 Å². The van der Waals surface area contributed by atoms with Crippen LogP contribution in [0.1, 0.15) is 66.2 Å². The zero-order valence-electron chi connectivity index (χ0n) is 19.9. The molecule has 3 saturated carbocycles. The van der Waals surface area contributed by atoms with Crippen molar-refractivity contribution in [3.05, 3.63) is 22.8 Å². The van der Waals surface area contributed by atoms with Gasteiger partial charge in [0.2, 0.25) is 0 Å². The van der Waals surface area contributed by atoms with Crippen molar-refractivity contribution in [2.45, 2.75) is 66.2 Å². The predicted octanol–water partition coefficient (Wildman–Crippen LogP) is 5.49. The van der Waals surface area contributed by atoms with E-state index in [1.165, 1.54) is 18.8 Å². The summed E-state index contributed by atoms with van der Waals surface area (Å²) in [6, 6.07) is 0. The molecule has 0 aliphatic heterocycles. The highest BCUT2D eigenvalue weighted by Gasteiger charge is 2.71. The third-order valence-electron chi connectivity index (χ3n) is 10.4. The Hall–Kier alpha value is -1.42. The van der Waals surface area contributed by atoms with Crippen LogP contribution in [0.15, 0.2) is 22.8 Å². The highest BCUT2D eigenvalue weighted by Crippen LogP contribution is 2.74. The monoisotopic (exact) mass is 458 g/mol. The van der Waals surface area contributed by atoms with Crippen LogP contribution in [0.3, 0.4) is 0 Å². The van der Waals surface area contributed by atoms with Crippen LogP contribution in [0.25, 0.3) is 0 Å². The summed E-state index contributed by atoms with van der Waals surface area (Å²) in [5.74, 6) is 0.180. The molecule has 0 amide bonds. The van der Waals surface area contributed by atoms with Gasteiger partial charge < -0.3 is 4.74 Å². The Morgan fingerprint density at radius 3 is 2.53 bits per heavy atom. The zero-order valence-corrected chi connectivity index (χ0v) is 20.6. The molecule has 8 atom stereocenters. The van der Waals surface area contributed by atoms with E-state index in [9.17, 15) is 14.4 Å². The largest absolute Gasteiger partial charge is 0.469 e. The molecule has 0 saturated heterocycles. The van der Waals surface area contributed by atoms with Gasteiger partial charge in [-0.2, -0.15) is 0 Å². The number of hydrogen-bond acceptors (Lipinski definition) is 4. The second-order valence-electron chi connectivity index (χ2n) is 11.9. The minimum absolute atomic E-state index is 0.0315. The smallest absolute Gasteiger partial charge is 0.311 e. The molecule has 0 aromatic heterocycles. The molecule has 5 heteroatoms. The lowest BCUT2D eigenvalue weighted by molar-refractivity contribution is -0.199. The molecule has 2 bridgehead atoms. The van der Waals surface area contributed by atoms with Gasteiger partial charge in [0, 0.05) is 23.3 Å². The number of halogens is 1. The van der Waals surface area contributed by atoms with E-state index in [4.69, 9.17) is 16.3 Å². The number of fused-ring (bicyclic) bond motifs is 1. The van der Waals surface area contributed by atoms with Crippen LogP contribution >= 0.6 is 11.6 Å². The molecular formula is C27H35ClO4. The Morgan fingerprint density at radius 1 is 1.16 bits per heavy atom. The maximum atomic E-state index is 13.5. The molecule has 4 nitrogen and oxygen atoms in total. The minimum Gasteiger partial charge on any atom is -0.469 e. The van der Waals surface area contributed by atoms with Crippen molar-refractivity contribution in [1.82, 2.24) is 0 Å². The summed E-state index contributed by atoms with van der Waals surface area (Å²) in [5.41, 5.74) is 0.440. The van der Waals surface area contributed by atoms with Crippen LogP contribution in [-0.2, 0) is 19.1 Å². The molecule has 0 radical (unpaired) electrons. The molecule has 174 valence electrons. The number of esters is 1. The van der Waals surface area contributed by atoms with Gasteiger partial charge in [0.1, 0.15) is 0 Å². The van der Waals surface area contributed by atoms with Crippen molar-refractivity contribution >= 4 is 29.1 Å². The van der Waals surface area contributed by atoms with Crippen molar-refractivity contribution in [2.24, 2.45) is 51.8 Å². The summed E-state index contributed by atoms with van der Waals surface area (Å²) in [6.45, 7) is 8.85. The van der Waals surface area contributed by atoms with Gasteiger partial charge in [-0.3, -0.25) is 14.4 Å². The molecule has 6 aliphatic rings. The van der Waals surface area contributed by atoms with E-state index >= 15 is 0 Å². The molecule has 1 spiro atoms. The molecule has 32 heavy (non-hydrogen) atoms. The van der Waals surface area contributed by atoms with Gasteiger partial charge in [-0.1, -0.05) is 50.4 Å². The lowest BCUT2D eigenvalue weighted by atomic mass is 9.33. The molecule has 0 aromatic carbocycles. The van der Waals surface area contributed by atoms with Gasteiger partial charge in [-0.15, -0.1) is 0 Å². The maximum absolute atomic E-state index is 13.5. The van der Waals surface area contributed by atoms with Gasteiger partial charge in [0.05, 0.1) is 17.6 Å². The second kappa shape index (κ2) is 7.04. The number of ether oxygens (including phenoxy) is 1. The fraction of sp³-hybridized carbons (Fsp3) is 0.741. The summed E-state index contributed by atoms with van der Waals surface area (Å²) in [7, 11) is 1.50. The number of carbonyl (C=O) groups is 3. The number of ketones is 2. The average molecular weight is 459 g/mol. The van der Waals surface area contributed by atoms with Gasteiger partial charge >= 0.3 is 5.97 Å². The van der Waals surface area contributed by atoms with E-state index in [-0.39, 0.29) is 63.0 Å². The van der Waals surface area contributed by atoms with E-state index in [1.54, 1.807) is 0 Å². The highest BCUT2D eigenvalue weighted by molar-refractivity contribution is 6.45. The standard InChI is InChI=1S/C27H35ClO4/c1-14(2)16-13-27-10-7-19-25(3,8-6-9-26(19,4)24(31)32-5)20(27)11-15(16)21-18(29)12-17(28)23(30)22(21)27/h12-15,19-22H,6-11H2,1-5H3/t15-,19-,20+,21-,22-,25-,26-,27-/m0/s1. The van der Waals surface area contributed by atoms with Crippen LogP contribution in [-0.4, -0.2) is 24.6 Å². The molecule has 0 aromatic rings. The van der Waals surface area contributed by atoms with Crippen molar-refractivity contribution < 1.29 is 19.1 Å². The zero-order chi connectivity index (χ0) is 23.2. The summed E-state index contributed by atoms with van der Waals surface area (Å²) in [6.07, 6.45) is 9.33. The van der Waals surface area contributed by atoms with Gasteiger partial charge in [0.15, 0.2) is 11.6 Å². The summed E-state index contributed by atoms with van der Waals surface area (Å²) < 4.78 is 5.29. The lowest BCUT2D eigenvalue weighted by Gasteiger charge is -2.69. The SMILES string of the molecule is COC(=O)[C@@]1(C)CCC[C@]2(C)[C@H]3C[C@H]4C(C(C)C)=C[C@]3(CC[C@@H]21)[C@@H]1C(=O)C(Cl)=CC(=O)[C@@H]14. The number of Topliss-reactive ketones (excluding diaryl/α,β-unsaturated/α-hetero) is 1. The predicted molar refractivity (Wildman–Crippen MR) is 123 cm³/mol. The average Bonchev–Trinajstić information content (AvgIpc) is 2.75. The third kappa shape index (κ3) is 2.59. The molecular weight excluding hydrogens is 424 g/mol. The lowest BCUT2D eigenvalue weighted by Crippen LogP contribution is -2.67. The summed E-state index contributed by atoms with van der Waals surface area (Å²) in [5, 5.41) is 0.103. The van der Waals surface area contributed by atoms with E-state index in [0.29, 0.717) is 5.92 Å². The molecule has 6 rings (SSSR count). The van der Waals surface area contributed by atoms with Crippen molar-refractivity contribution in [3.8, 4) is 0 Å². The first-order chi connectivity index (χ1) is 15.0. The maximum Gasteiger partial charge on any atom is 0.311 e. The van der Waals surface area contributed by atoms with Gasteiger partial charge in [-0.25, -0.2) is 0 Å². The first kappa shape index (κ1) is 22.4. The normalized spacial score (nSPS) is 47.3. The quantitative estimate of drug-likeness (QED) is 0.405. The molecule has 6 aliphatic carbocycles. The Morgan fingerprint density at radius 2 is 1.88 bits per heavy atom. The van der Waals surface area contributed by atoms with Crippen LogP contribution in [0, 0.1) is 51.8 Å². The number of carbonyl (C=O) groups excluding carboxylic acids is 3. The number of allylic oxidation sites excluding steroid dienone is 4. The fourth-order valence-corrected chi connectivity index (χ4v) is 9.52. The van der Waals surface area contributed by atoms with E-state index in [2.05, 4.69) is 33.8 Å². The van der Waals surface area contributed by atoms with Crippen molar-refractivity contribution in [3.63, 3.8) is 0 Å². The van der Waals surface area contributed by atoms with Crippen molar-refractivity contribution in [2.75, 3.05) is 7.11 Å². The Labute approximate surface area is 196 Å². The molecule has 0 unspecified atom stereocenters. The van der Waals surface area contributed by atoms with E-state index in [1.807, 2.05) is 0 Å². The second-order valence-corrected chi connectivity index (χ2v) is 12.3. The molecule has 3 fully saturated rings. The number of rotatable bonds is 2. The third-order valence-corrected chi connectivity index (χ3v) is 10.7. The highest BCUT2D eigenvalue weighted by atomic mass is 35.5. The summed E-state index contributed by atoms with van der Waals surface area (Å²) >= 11 is 6.33. The van der Waals surface area contributed by atoms with Gasteiger partial charge in [-0.05, 0) is 68.1 Å². The van der Waals surface area contributed by atoms with E-state index < -0.39 is 5.41 Å². The minimum atomic E-state index is -0.492. The van der Waals surface area contributed by atoms with E-state index in [0.717, 1.165) is 38.5 Å². The molecule has 0 N–H and O–H groups in total. The number of methoxy groups -OCH3 is 1. The first-order valence-electron chi connectivity index (χ1n) is 12.3. The molecule has 0 heterocycles. The Bertz CT molecular complexity index is 963. The fourth-order valence-electron chi connectivity index (χ4n) is 9.29. The van der Waals surface area contributed by atoms with Crippen LogP contribution in [0.2, 0.25) is 0 Å². The van der Waals surface area contributed by atoms with Crippen LogP contribution in [0.5, 0.6) is 0 Å². The van der Waals surface area contributed by atoms with Crippen molar-refractivity contribution in [1.29, 1.82) is 0 Å². The van der Waals surface area contributed by atoms with Gasteiger partial charge in [0.25, 0.3) is 0 Å². The summed E-state index contributed by atoms with van der Waals surface area (Å²) in [4.78, 5) is 39.7. The van der Waals surface area contributed by atoms with Crippen LogP contribution in [0.4, 0.5) is 0 Å². The first-order valence-corrected chi connectivity index (χ1v) is 12.7. The Kier molecular flexibility index (Phi) is 4.92. The Balaban J connectivity index is 1.67. The number of hydrogen-bond donors (Lipinski definition) is 0. The topological polar surface area (TPSA) is 60.4 Å².